The highest BCUT2D eigenvalue weighted by molar-refractivity contribution is 6.18. The minimum absolute atomic E-state index is 0.0453. The number of alkyl halides is 1. The van der Waals surface area contributed by atoms with Crippen LogP contribution in [0.3, 0.4) is 0 Å². The summed E-state index contributed by atoms with van der Waals surface area (Å²) in [5.74, 6) is 1.43. The molecule has 0 saturated heterocycles. The van der Waals surface area contributed by atoms with Crippen LogP contribution >= 0.6 is 11.6 Å². The lowest BCUT2D eigenvalue weighted by atomic mass is 10.1. The van der Waals surface area contributed by atoms with E-state index in [0.29, 0.717) is 5.88 Å². The first-order chi connectivity index (χ1) is 8.24. The van der Waals surface area contributed by atoms with Gasteiger partial charge in [0.2, 0.25) is 0 Å². The quantitative estimate of drug-likeness (QED) is 0.826. The standard InChI is InChI=1S/C12H18ClN3O/c1-2-3-11-14-10-8-16(7-5-13)6-4-9(10)12(17)15-11/h2-8H2,1H3,(H,14,15,17). The van der Waals surface area contributed by atoms with Crippen molar-refractivity contribution in [1.29, 1.82) is 0 Å². The predicted molar refractivity (Wildman–Crippen MR) is 68.6 cm³/mol. The predicted octanol–water partition coefficient (Wildman–Crippen LogP) is 1.32. The fourth-order valence-electron chi connectivity index (χ4n) is 2.21. The lowest BCUT2D eigenvalue weighted by molar-refractivity contribution is 0.263. The highest BCUT2D eigenvalue weighted by atomic mass is 35.5. The van der Waals surface area contributed by atoms with E-state index < -0.39 is 0 Å². The molecular weight excluding hydrogens is 238 g/mol. The van der Waals surface area contributed by atoms with Crippen LogP contribution < -0.4 is 5.56 Å². The van der Waals surface area contributed by atoms with E-state index in [0.717, 1.165) is 56.0 Å². The molecule has 2 heterocycles. The van der Waals surface area contributed by atoms with E-state index in [1.165, 1.54) is 0 Å². The smallest absolute Gasteiger partial charge is 0.254 e. The van der Waals surface area contributed by atoms with Gasteiger partial charge in [-0.1, -0.05) is 6.92 Å². The minimum atomic E-state index is 0.0453. The Hall–Kier alpha value is -0.870. The summed E-state index contributed by atoms with van der Waals surface area (Å²) in [5, 5.41) is 0. The molecule has 2 rings (SSSR count). The van der Waals surface area contributed by atoms with Crippen LogP contribution in [0.25, 0.3) is 0 Å². The van der Waals surface area contributed by atoms with Gasteiger partial charge in [-0.05, 0) is 12.8 Å². The number of halogens is 1. The van der Waals surface area contributed by atoms with Crippen molar-refractivity contribution in [2.45, 2.75) is 32.7 Å². The highest BCUT2D eigenvalue weighted by Gasteiger charge is 2.20. The van der Waals surface area contributed by atoms with Gasteiger partial charge in [0.25, 0.3) is 5.56 Å². The summed E-state index contributed by atoms with van der Waals surface area (Å²) in [6.07, 6.45) is 2.60. The fourth-order valence-corrected chi connectivity index (χ4v) is 2.45. The molecule has 94 valence electrons. The molecule has 4 nitrogen and oxygen atoms in total. The monoisotopic (exact) mass is 255 g/mol. The number of H-pyrrole nitrogens is 1. The van der Waals surface area contributed by atoms with Crippen molar-refractivity contribution in [3.8, 4) is 0 Å². The molecule has 1 aliphatic rings. The van der Waals surface area contributed by atoms with Crippen LogP contribution in [0.5, 0.6) is 0 Å². The highest BCUT2D eigenvalue weighted by Crippen LogP contribution is 2.13. The number of nitrogens with zero attached hydrogens (tertiary/aromatic N) is 2. The Bertz CT molecular complexity index is 444. The van der Waals surface area contributed by atoms with Crippen molar-refractivity contribution in [2.75, 3.05) is 19.0 Å². The molecule has 0 amide bonds. The van der Waals surface area contributed by atoms with E-state index in [1.807, 2.05) is 0 Å². The number of aromatic amines is 1. The lowest BCUT2D eigenvalue weighted by Gasteiger charge is -2.26. The van der Waals surface area contributed by atoms with Gasteiger partial charge in [-0.3, -0.25) is 9.69 Å². The summed E-state index contributed by atoms with van der Waals surface area (Å²) in [7, 11) is 0. The van der Waals surface area contributed by atoms with E-state index in [-0.39, 0.29) is 5.56 Å². The van der Waals surface area contributed by atoms with Gasteiger partial charge >= 0.3 is 0 Å². The van der Waals surface area contributed by atoms with Crippen LogP contribution in [0.2, 0.25) is 0 Å². The maximum absolute atomic E-state index is 11.9. The van der Waals surface area contributed by atoms with Crippen molar-refractivity contribution in [1.82, 2.24) is 14.9 Å². The molecule has 17 heavy (non-hydrogen) atoms. The molecule has 0 atom stereocenters. The number of rotatable bonds is 4. The van der Waals surface area contributed by atoms with Crippen LogP contribution in [-0.4, -0.2) is 33.8 Å². The molecule has 1 aliphatic heterocycles. The first kappa shape index (κ1) is 12.6. The minimum Gasteiger partial charge on any atom is -0.310 e. The van der Waals surface area contributed by atoms with Crippen molar-refractivity contribution in [2.24, 2.45) is 0 Å². The average molecular weight is 256 g/mol. The Balaban J connectivity index is 2.25. The summed E-state index contributed by atoms with van der Waals surface area (Å²) in [5.41, 5.74) is 1.84. The van der Waals surface area contributed by atoms with Gasteiger partial charge in [0, 0.05) is 37.5 Å². The van der Waals surface area contributed by atoms with Crippen molar-refractivity contribution in [3.63, 3.8) is 0 Å². The molecule has 1 aromatic heterocycles. The molecule has 0 spiro atoms. The molecule has 5 heteroatoms. The molecular formula is C12H18ClN3O. The van der Waals surface area contributed by atoms with Crippen LogP contribution in [-0.2, 0) is 19.4 Å². The maximum atomic E-state index is 11.9. The van der Waals surface area contributed by atoms with E-state index in [9.17, 15) is 4.79 Å². The van der Waals surface area contributed by atoms with Gasteiger partial charge < -0.3 is 4.98 Å². The normalized spacial score (nSPS) is 15.9. The molecule has 0 aliphatic carbocycles. The van der Waals surface area contributed by atoms with E-state index >= 15 is 0 Å². The summed E-state index contributed by atoms with van der Waals surface area (Å²) < 4.78 is 0. The number of nitrogens with one attached hydrogen (secondary N) is 1. The van der Waals surface area contributed by atoms with Crippen LogP contribution in [0.15, 0.2) is 4.79 Å². The number of aryl methyl sites for hydroxylation is 1. The third-order valence-electron chi connectivity index (χ3n) is 3.09. The Kier molecular flexibility index (Phi) is 4.18. The largest absolute Gasteiger partial charge is 0.310 e. The zero-order valence-electron chi connectivity index (χ0n) is 10.1. The van der Waals surface area contributed by atoms with Gasteiger partial charge in [0.05, 0.1) is 5.69 Å². The summed E-state index contributed by atoms with van der Waals surface area (Å²) >= 11 is 5.74. The third-order valence-corrected chi connectivity index (χ3v) is 3.26. The second-order valence-electron chi connectivity index (χ2n) is 4.40. The Morgan fingerprint density at radius 2 is 2.35 bits per heavy atom. The van der Waals surface area contributed by atoms with Gasteiger partial charge in [-0.25, -0.2) is 4.98 Å². The molecule has 1 aromatic rings. The van der Waals surface area contributed by atoms with E-state index in [2.05, 4.69) is 21.8 Å². The summed E-state index contributed by atoms with van der Waals surface area (Å²) in [6, 6.07) is 0. The van der Waals surface area contributed by atoms with Gasteiger partial charge in [-0.15, -0.1) is 11.6 Å². The Labute approximate surface area is 106 Å². The summed E-state index contributed by atoms with van der Waals surface area (Å²) in [6.45, 7) is 4.60. The Morgan fingerprint density at radius 3 is 3.06 bits per heavy atom. The van der Waals surface area contributed by atoms with Crippen LogP contribution in [0.1, 0.15) is 30.4 Å². The van der Waals surface area contributed by atoms with Crippen molar-refractivity contribution >= 4 is 11.6 Å². The van der Waals surface area contributed by atoms with Crippen molar-refractivity contribution in [3.05, 3.63) is 27.4 Å². The van der Waals surface area contributed by atoms with Crippen molar-refractivity contribution < 1.29 is 0 Å². The fraction of sp³-hybridized carbons (Fsp3) is 0.667. The Morgan fingerprint density at radius 1 is 1.53 bits per heavy atom. The van der Waals surface area contributed by atoms with Crippen LogP contribution in [0.4, 0.5) is 0 Å². The summed E-state index contributed by atoms with van der Waals surface area (Å²) in [4.78, 5) is 21.6. The SMILES string of the molecule is CCCc1nc2c(c(=O)[nH]1)CCN(CCCl)C2. The molecule has 0 unspecified atom stereocenters. The molecule has 0 fully saturated rings. The molecule has 0 radical (unpaired) electrons. The molecule has 0 saturated carbocycles. The molecule has 0 aromatic carbocycles. The number of fused-ring (bicyclic) bond motifs is 1. The number of hydrogen-bond donors (Lipinski definition) is 1. The molecule has 0 bridgehead atoms. The average Bonchev–Trinajstić information content (AvgIpc) is 2.29. The third kappa shape index (κ3) is 2.87. The first-order valence-electron chi connectivity index (χ1n) is 6.14. The van der Waals surface area contributed by atoms with E-state index in [4.69, 9.17) is 11.6 Å². The first-order valence-corrected chi connectivity index (χ1v) is 6.67. The van der Waals surface area contributed by atoms with Gasteiger partial charge in [-0.2, -0.15) is 0 Å². The van der Waals surface area contributed by atoms with Crippen LogP contribution in [0, 0.1) is 0 Å². The lowest BCUT2D eigenvalue weighted by Crippen LogP contribution is -2.36. The topological polar surface area (TPSA) is 49.0 Å². The maximum Gasteiger partial charge on any atom is 0.254 e. The second kappa shape index (κ2) is 5.65. The zero-order chi connectivity index (χ0) is 12.3. The van der Waals surface area contributed by atoms with Gasteiger partial charge in [0.1, 0.15) is 5.82 Å². The zero-order valence-corrected chi connectivity index (χ0v) is 10.9. The number of hydrogen-bond acceptors (Lipinski definition) is 3. The van der Waals surface area contributed by atoms with Gasteiger partial charge in [0.15, 0.2) is 0 Å². The molecule has 1 N–H and O–H groups in total. The van der Waals surface area contributed by atoms with E-state index in [1.54, 1.807) is 0 Å². The second-order valence-corrected chi connectivity index (χ2v) is 4.78. The number of aromatic nitrogens is 2.